The molecule has 2 aliphatic rings. The molecule has 3 aromatic heterocycles. The summed E-state index contributed by atoms with van der Waals surface area (Å²) >= 11 is 0. The quantitative estimate of drug-likeness (QED) is 0.641. The molecule has 2 aliphatic carbocycles. The van der Waals surface area contributed by atoms with Crippen LogP contribution in [-0.4, -0.2) is 26.0 Å². The van der Waals surface area contributed by atoms with Crippen LogP contribution in [0.25, 0.3) is 0 Å². The molecule has 0 aromatic carbocycles. The Morgan fingerprint density at radius 2 is 2.13 bits per heavy atom. The van der Waals surface area contributed by atoms with E-state index in [0.717, 1.165) is 48.9 Å². The number of hydrogen-bond donors (Lipinski definition) is 1. The molecule has 3 heterocycles. The highest BCUT2D eigenvalue weighted by Gasteiger charge is 2.47. The van der Waals surface area contributed by atoms with Gasteiger partial charge in [0, 0.05) is 18.7 Å². The maximum atomic E-state index is 12.4. The molecular weight excluding hydrogens is 382 g/mol. The van der Waals surface area contributed by atoms with Crippen molar-refractivity contribution in [3.05, 3.63) is 64.7 Å². The van der Waals surface area contributed by atoms with Gasteiger partial charge in [-0.3, -0.25) is 9.78 Å². The van der Waals surface area contributed by atoms with Gasteiger partial charge in [-0.2, -0.15) is 4.98 Å². The Hall–Kier alpha value is -3.29. The van der Waals surface area contributed by atoms with Crippen LogP contribution in [0.15, 0.2) is 35.0 Å². The molecule has 0 saturated heterocycles. The summed E-state index contributed by atoms with van der Waals surface area (Å²) in [6.07, 6.45) is 6.54. The first kappa shape index (κ1) is 18.7. The largest absolute Gasteiger partial charge is 0.471 e. The summed E-state index contributed by atoms with van der Waals surface area (Å²) in [6.45, 7) is 2.04. The number of pyridine rings is 2. The average molecular weight is 405 g/mol. The minimum Gasteiger partial charge on any atom is -0.471 e. The lowest BCUT2D eigenvalue weighted by atomic mass is 9.63. The van der Waals surface area contributed by atoms with Crippen molar-refractivity contribution < 1.29 is 14.1 Å². The van der Waals surface area contributed by atoms with Crippen LogP contribution in [0.1, 0.15) is 77.0 Å². The topological polar surface area (TPSA) is 117 Å². The fraction of sp³-hybridized carbons (Fsp3) is 0.409. The van der Waals surface area contributed by atoms with Crippen LogP contribution in [0.2, 0.25) is 0 Å². The van der Waals surface area contributed by atoms with Gasteiger partial charge in [-0.1, -0.05) is 17.6 Å². The van der Waals surface area contributed by atoms with Gasteiger partial charge in [0.1, 0.15) is 12.3 Å². The minimum atomic E-state index is -0.582. The van der Waals surface area contributed by atoms with Crippen molar-refractivity contribution in [2.75, 3.05) is 0 Å². The number of aryl methyl sites for hydroxylation is 1. The monoisotopic (exact) mass is 405 g/mol. The van der Waals surface area contributed by atoms with Gasteiger partial charge in [0.05, 0.1) is 11.1 Å². The van der Waals surface area contributed by atoms with Gasteiger partial charge in [-0.05, 0) is 55.4 Å². The first-order valence-electron chi connectivity index (χ1n) is 10.3. The second-order valence-corrected chi connectivity index (χ2v) is 8.10. The minimum absolute atomic E-state index is 0.220. The highest BCUT2D eigenvalue weighted by molar-refractivity contribution is 5.93. The number of carbonyl (C=O) groups excluding carboxylic acids is 1. The zero-order valence-corrected chi connectivity index (χ0v) is 16.8. The number of amides is 1. The van der Waals surface area contributed by atoms with Crippen LogP contribution in [-0.2, 0) is 12.0 Å². The Bertz CT molecular complexity index is 1090. The third-order valence-corrected chi connectivity index (χ3v) is 6.03. The molecule has 2 fully saturated rings. The summed E-state index contributed by atoms with van der Waals surface area (Å²) in [5, 5.41) is 4.17. The Kier molecular flexibility index (Phi) is 4.49. The van der Waals surface area contributed by atoms with Crippen LogP contribution in [0.5, 0.6) is 5.88 Å². The van der Waals surface area contributed by atoms with Gasteiger partial charge in [0.2, 0.25) is 11.8 Å². The van der Waals surface area contributed by atoms with Crippen LogP contribution in [0, 0.1) is 6.92 Å². The molecule has 30 heavy (non-hydrogen) atoms. The third-order valence-electron chi connectivity index (χ3n) is 6.03. The number of nitrogens with zero attached hydrogens (tertiary/aromatic N) is 4. The third kappa shape index (κ3) is 3.22. The molecule has 0 bridgehead atoms. The van der Waals surface area contributed by atoms with Crippen molar-refractivity contribution in [2.45, 2.75) is 57.0 Å². The van der Waals surface area contributed by atoms with Crippen molar-refractivity contribution in [3.8, 4) is 5.88 Å². The number of hydrogen-bond acceptors (Lipinski definition) is 7. The second kappa shape index (κ2) is 7.19. The number of aromatic nitrogens is 4. The Morgan fingerprint density at radius 1 is 1.30 bits per heavy atom. The van der Waals surface area contributed by atoms with Crippen LogP contribution >= 0.6 is 0 Å². The van der Waals surface area contributed by atoms with E-state index >= 15 is 0 Å². The Balaban J connectivity index is 1.58. The lowest BCUT2D eigenvalue weighted by molar-refractivity contribution is 0.0989. The van der Waals surface area contributed by atoms with E-state index in [2.05, 4.69) is 20.1 Å². The molecule has 0 spiro atoms. The Morgan fingerprint density at radius 3 is 2.70 bits per heavy atom. The molecule has 0 atom stereocenters. The van der Waals surface area contributed by atoms with Gasteiger partial charge in [0.25, 0.3) is 5.91 Å². The second-order valence-electron chi connectivity index (χ2n) is 8.10. The van der Waals surface area contributed by atoms with E-state index < -0.39 is 11.3 Å². The van der Waals surface area contributed by atoms with Crippen molar-refractivity contribution in [1.29, 1.82) is 0 Å². The molecule has 2 saturated carbocycles. The summed E-state index contributed by atoms with van der Waals surface area (Å²) in [7, 11) is 0. The average Bonchev–Trinajstić information content (AvgIpc) is 3.47. The molecule has 3 aromatic rings. The Labute approximate surface area is 173 Å². The zero-order chi connectivity index (χ0) is 20.7. The maximum Gasteiger partial charge on any atom is 0.267 e. The van der Waals surface area contributed by atoms with E-state index in [0.29, 0.717) is 23.5 Å². The summed E-state index contributed by atoms with van der Waals surface area (Å²) in [5.74, 6) is 1.35. The van der Waals surface area contributed by atoms with Crippen LogP contribution in [0.3, 0.4) is 0 Å². The lowest BCUT2D eigenvalue weighted by Crippen LogP contribution is -2.39. The number of nitrogens with two attached hydrogens (primary N) is 1. The van der Waals surface area contributed by atoms with E-state index in [4.69, 9.17) is 15.0 Å². The molecule has 0 unspecified atom stereocenters. The summed E-state index contributed by atoms with van der Waals surface area (Å²) < 4.78 is 11.3. The highest BCUT2D eigenvalue weighted by Crippen LogP contribution is 2.52. The van der Waals surface area contributed by atoms with Gasteiger partial charge < -0.3 is 15.0 Å². The predicted molar refractivity (Wildman–Crippen MR) is 107 cm³/mol. The summed E-state index contributed by atoms with van der Waals surface area (Å²) in [5.41, 5.74) is 8.08. The molecule has 8 heteroatoms. The van der Waals surface area contributed by atoms with E-state index in [1.54, 1.807) is 13.1 Å². The smallest absolute Gasteiger partial charge is 0.267 e. The molecule has 0 aliphatic heterocycles. The van der Waals surface area contributed by atoms with Crippen molar-refractivity contribution in [3.63, 3.8) is 0 Å². The normalized spacial score (nSPS) is 17.4. The summed E-state index contributed by atoms with van der Waals surface area (Å²) in [4.78, 5) is 25.8. The lowest BCUT2D eigenvalue weighted by Gasteiger charge is -2.40. The first-order valence-corrected chi connectivity index (χ1v) is 10.3. The van der Waals surface area contributed by atoms with E-state index in [1.165, 1.54) is 0 Å². The number of ether oxygens (including phenoxy) is 1. The fourth-order valence-electron chi connectivity index (χ4n) is 4.13. The van der Waals surface area contributed by atoms with E-state index in [9.17, 15) is 4.79 Å². The van der Waals surface area contributed by atoms with Crippen LogP contribution < -0.4 is 10.5 Å². The SMILES string of the molecule is Cc1nc(C2(c3cc(C4CC4)c(OCc4ccccn4)nc3C(N)=O)CCC2)no1. The first-order chi connectivity index (χ1) is 14.6. The predicted octanol–water partition coefficient (Wildman–Crippen LogP) is 3.19. The van der Waals surface area contributed by atoms with Crippen molar-refractivity contribution >= 4 is 5.91 Å². The summed E-state index contributed by atoms with van der Waals surface area (Å²) in [6, 6.07) is 7.70. The number of carbonyl (C=O) groups is 1. The highest BCUT2D eigenvalue weighted by atomic mass is 16.5. The number of primary amides is 1. The molecule has 5 rings (SSSR count). The van der Waals surface area contributed by atoms with E-state index in [-0.39, 0.29) is 12.3 Å². The van der Waals surface area contributed by atoms with Gasteiger partial charge in [-0.15, -0.1) is 0 Å². The maximum absolute atomic E-state index is 12.4. The molecule has 2 N–H and O–H groups in total. The standard InChI is InChI=1S/C22H23N5O3/c1-13-25-21(27-30-13)22(8-4-9-22)17-11-16(14-6-7-14)20(26-18(17)19(23)28)29-12-15-5-2-3-10-24-15/h2-3,5,10-11,14H,4,6-9,12H2,1H3,(H2,23,28). The van der Waals surface area contributed by atoms with Gasteiger partial charge >= 0.3 is 0 Å². The van der Waals surface area contributed by atoms with Crippen molar-refractivity contribution in [1.82, 2.24) is 20.1 Å². The zero-order valence-electron chi connectivity index (χ0n) is 16.8. The molecule has 8 nitrogen and oxygen atoms in total. The van der Waals surface area contributed by atoms with E-state index in [1.807, 2.05) is 24.3 Å². The molecule has 1 amide bonds. The molecular formula is C22H23N5O3. The molecule has 154 valence electrons. The molecule has 0 radical (unpaired) electrons. The fourth-order valence-corrected chi connectivity index (χ4v) is 4.13. The number of rotatable bonds is 7. The van der Waals surface area contributed by atoms with Gasteiger partial charge in [0.15, 0.2) is 5.82 Å². The van der Waals surface area contributed by atoms with Gasteiger partial charge in [-0.25, -0.2) is 4.98 Å². The van der Waals surface area contributed by atoms with Crippen molar-refractivity contribution in [2.24, 2.45) is 5.73 Å². The van der Waals surface area contributed by atoms with Crippen LogP contribution in [0.4, 0.5) is 0 Å².